The zero-order valence-corrected chi connectivity index (χ0v) is 15.1. The zero-order valence-electron chi connectivity index (χ0n) is 15.1. The Balaban J connectivity index is 2.25. The number of carbonyl (C=O) groups excluding carboxylic acids is 2. The fourth-order valence-corrected chi connectivity index (χ4v) is 2.42. The Morgan fingerprint density at radius 2 is 1.73 bits per heavy atom. The molecule has 0 aromatic heterocycles. The molecule has 0 fully saturated rings. The van der Waals surface area contributed by atoms with Crippen LogP contribution in [0.1, 0.15) is 33.2 Å². The molecule has 0 aliphatic rings. The van der Waals surface area contributed by atoms with E-state index in [0.717, 1.165) is 11.6 Å². The second kappa shape index (κ2) is 7.77. The van der Waals surface area contributed by atoms with Crippen LogP contribution in [0, 0.1) is 17.0 Å². The largest absolute Gasteiger partial charge is 0.451 e. The predicted molar refractivity (Wildman–Crippen MR) is 97.8 cm³/mol. The number of aryl methyl sites for hydroxylation is 1. The molecule has 0 saturated carbocycles. The van der Waals surface area contributed by atoms with Crippen LogP contribution in [0.2, 0.25) is 0 Å². The fourth-order valence-electron chi connectivity index (χ4n) is 2.42. The van der Waals surface area contributed by atoms with E-state index >= 15 is 0 Å². The molecule has 2 aromatic rings. The summed E-state index contributed by atoms with van der Waals surface area (Å²) in [5, 5.41) is 11.0. The minimum Gasteiger partial charge on any atom is -0.451 e. The highest BCUT2D eigenvalue weighted by atomic mass is 16.6. The van der Waals surface area contributed by atoms with Gasteiger partial charge in [-0.2, -0.15) is 0 Å². The number of hydrogen-bond acceptors (Lipinski definition) is 6. The number of ketones is 1. The minimum absolute atomic E-state index is 0.0350. The van der Waals surface area contributed by atoms with E-state index in [4.69, 9.17) is 4.74 Å². The number of esters is 1. The molecule has 0 unspecified atom stereocenters. The van der Waals surface area contributed by atoms with Gasteiger partial charge in [0.25, 0.3) is 5.69 Å². The first-order valence-electron chi connectivity index (χ1n) is 7.98. The zero-order chi connectivity index (χ0) is 19.4. The maximum atomic E-state index is 12.5. The van der Waals surface area contributed by atoms with Crippen molar-refractivity contribution in [2.45, 2.75) is 20.0 Å². The van der Waals surface area contributed by atoms with Gasteiger partial charge in [0.2, 0.25) is 5.78 Å². The number of hydrogen-bond donors (Lipinski definition) is 0. The molecule has 136 valence electrons. The third kappa shape index (κ3) is 4.24. The predicted octanol–water partition coefficient (Wildman–Crippen LogP) is 3.40. The third-order valence-corrected chi connectivity index (χ3v) is 3.88. The van der Waals surface area contributed by atoms with E-state index in [-0.39, 0.29) is 17.0 Å². The highest BCUT2D eigenvalue weighted by Gasteiger charge is 2.24. The van der Waals surface area contributed by atoms with Crippen LogP contribution in [0.15, 0.2) is 42.5 Å². The lowest BCUT2D eigenvalue weighted by Crippen LogP contribution is -2.25. The molecule has 1 atom stereocenters. The number of ether oxygens (including phenoxy) is 1. The van der Waals surface area contributed by atoms with E-state index in [1.54, 1.807) is 43.3 Å². The van der Waals surface area contributed by atoms with Gasteiger partial charge in [-0.15, -0.1) is 0 Å². The van der Waals surface area contributed by atoms with Crippen molar-refractivity contribution < 1.29 is 19.2 Å². The number of benzene rings is 2. The Hall–Kier alpha value is -3.22. The highest BCUT2D eigenvalue weighted by molar-refractivity contribution is 6.02. The van der Waals surface area contributed by atoms with E-state index in [1.807, 2.05) is 6.92 Å². The molecule has 0 aliphatic carbocycles. The number of nitro benzene ring substituents is 1. The molecule has 0 heterocycles. The molecule has 2 rings (SSSR count). The van der Waals surface area contributed by atoms with Gasteiger partial charge >= 0.3 is 5.97 Å². The summed E-state index contributed by atoms with van der Waals surface area (Å²) in [6, 6.07) is 10.9. The second-order valence-corrected chi connectivity index (χ2v) is 6.13. The number of Topliss-reactive ketones (excluding diaryl/α,β-unsaturated/α-hetero) is 1. The van der Waals surface area contributed by atoms with Gasteiger partial charge in [-0.1, -0.05) is 29.8 Å². The standard InChI is InChI=1S/C19H20N2O5/c1-12-5-7-14(8-6-12)18(22)13(2)26-19(23)16-11-15(21(24)25)9-10-17(16)20(3)4/h5-11,13H,1-4H3/t13-/m0/s1. The van der Waals surface area contributed by atoms with Crippen molar-refractivity contribution in [3.05, 3.63) is 69.3 Å². The van der Waals surface area contributed by atoms with E-state index in [9.17, 15) is 19.7 Å². The smallest absolute Gasteiger partial charge is 0.341 e. The molecule has 0 amide bonds. The molecule has 0 bridgehead atoms. The number of rotatable bonds is 6. The van der Waals surface area contributed by atoms with Gasteiger partial charge in [0.1, 0.15) is 0 Å². The summed E-state index contributed by atoms with van der Waals surface area (Å²) in [6.07, 6.45) is -1.01. The Morgan fingerprint density at radius 1 is 1.12 bits per heavy atom. The first kappa shape index (κ1) is 19.1. The molecular weight excluding hydrogens is 336 g/mol. The van der Waals surface area contributed by atoms with Gasteiger partial charge in [0.05, 0.1) is 16.2 Å². The van der Waals surface area contributed by atoms with Crippen LogP contribution in [0.5, 0.6) is 0 Å². The summed E-state index contributed by atoms with van der Waals surface area (Å²) >= 11 is 0. The number of anilines is 1. The van der Waals surface area contributed by atoms with Crippen molar-refractivity contribution in [3.63, 3.8) is 0 Å². The lowest BCUT2D eigenvalue weighted by Gasteiger charge is -2.18. The first-order chi connectivity index (χ1) is 12.2. The van der Waals surface area contributed by atoms with Gasteiger partial charge in [-0.25, -0.2) is 4.79 Å². The maximum absolute atomic E-state index is 12.5. The normalized spacial score (nSPS) is 11.5. The van der Waals surface area contributed by atoms with Crippen LogP contribution in [0.25, 0.3) is 0 Å². The molecule has 0 saturated heterocycles. The molecule has 0 N–H and O–H groups in total. The molecule has 7 nitrogen and oxygen atoms in total. The lowest BCUT2D eigenvalue weighted by atomic mass is 10.1. The van der Waals surface area contributed by atoms with E-state index in [2.05, 4.69) is 0 Å². The van der Waals surface area contributed by atoms with Crippen LogP contribution < -0.4 is 4.90 Å². The molecule has 7 heteroatoms. The van der Waals surface area contributed by atoms with E-state index in [1.165, 1.54) is 19.1 Å². The van der Waals surface area contributed by atoms with Crippen LogP contribution in [-0.2, 0) is 4.74 Å². The lowest BCUT2D eigenvalue weighted by molar-refractivity contribution is -0.384. The SMILES string of the molecule is Cc1ccc(C(=O)[C@H](C)OC(=O)c2cc([N+](=O)[O-])ccc2N(C)C)cc1. The van der Waals surface area contributed by atoms with Crippen molar-refractivity contribution in [2.24, 2.45) is 0 Å². The van der Waals surface area contributed by atoms with Crippen molar-refractivity contribution in [3.8, 4) is 0 Å². The molecular formula is C19H20N2O5. The molecule has 0 radical (unpaired) electrons. The van der Waals surface area contributed by atoms with Gasteiger partial charge in [0, 0.05) is 31.8 Å². The molecule has 0 aliphatic heterocycles. The fraction of sp³-hybridized carbons (Fsp3) is 0.263. The van der Waals surface area contributed by atoms with Crippen LogP contribution in [0.3, 0.4) is 0 Å². The minimum atomic E-state index is -1.01. The average molecular weight is 356 g/mol. The monoisotopic (exact) mass is 356 g/mol. The van der Waals surface area contributed by atoms with E-state index in [0.29, 0.717) is 11.3 Å². The number of carbonyl (C=O) groups is 2. The Kier molecular flexibility index (Phi) is 5.71. The van der Waals surface area contributed by atoms with Crippen LogP contribution >= 0.6 is 0 Å². The van der Waals surface area contributed by atoms with Crippen LogP contribution in [0.4, 0.5) is 11.4 Å². The summed E-state index contributed by atoms with van der Waals surface area (Å²) < 4.78 is 5.27. The number of nitro groups is 1. The quantitative estimate of drug-likeness (QED) is 0.341. The molecule has 2 aromatic carbocycles. The summed E-state index contributed by atoms with van der Waals surface area (Å²) in [6.45, 7) is 3.38. The topological polar surface area (TPSA) is 89.8 Å². The van der Waals surface area contributed by atoms with Crippen molar-refractivity contribution in [2.75, 3.05) is 19.0 Å². The summed E-state index contributed by atoms with van der Waals surface area (Å²) in [7, 11) is 3.41. The maximum Gasteiger partial charge on any atom is 0.341 e. The first-order valence-corrected chi connectivity index (χ1v) is 7.98. The summed E-state index contributed by atoms with van der Waals surface area (Å²) in [5.41, 5.74) is 1.73. The summed E-state index contributed by atoms with van der Waals surface area (Å²) in [5.74, 6) is -1.12. The van der Waals surface area contributed by atoms with Crippen molar-refractivity contribution in [1.29, 1.82) is 0 Å². The molecule has 26 heavy (non-hydrogen) atoms. The van der Waals surface area contributed by atoms with Crippen molar-refractivity contribution >= 4 is 23.1 Å². The van der Waals surface area contributed by atoms with Gasteiger partial charge in [-0.3, -0.25) is 14.9 Å². The molecule has 0 spiro atoms. The number of non-ortho nitro benzene ring substituents is 1. The number of nitrogens with zero attached hydrogens (tertiary/aromatic N) is 2. The van der Waals surface area contributed by atoms with Gasteiger partial charge in [0.15, 0.2) is 6.10 Å². The van der Waals surface area contributed by atoms with Crippen molar-refractivity contribution in [1.82, 2.24) is 0 Å². The highest BCUT2D eigenvalue weighted by Crippen LogP contribution is 2.25. The second-order valence-electron chi connectivity index (χ2n) is 6.13. The average Bonchev–Trinajstić information content (AvgIpc) is 2.60. The summed E-state index contributed by atoms with van der Waals surface area (Å²) in [4.78, 5) is 37.0. The van der Waals surface area contributed by atoms with Crippen LogP contribution in [-0.4, -0.2) is 36.9 Å². The Labute approximate surface area is 151 Å². The van der Waals surface area contributed by atoms with E-state index < -0.39 is 17.0 Å². The Bertz CT molecular complexity index is 844. The van der Waals surface area contributed by atoms with Gasteiger partial charge in [-0.05, 0) is 19.9 Å². The van der Waals surface area contributed by atoms with Gasteiger partial charge < -0.3 is 9.64 Å². The Morgan fingerprint density at radius 3 is 2.27 bits per heavy atom. The third-order valence-electron chi connectivity index (χ3n) is 3.88.